The first-order valence-corrected chi connectivity index (χ1v) is 8.23. The van der Waals surface area contributed by atoms with Crippen LogP contribution in [0.4, 0.5) is 0 Å². The van der Waals surface area contributed by atoms with E-state index in [1.165, 1.54) is 31.2 Å². The number of hydrogen-bond acceptors (Lipinski definition) is 3. The minimum atomic E-state index is 0.336. The normalized spacial score (nSPS) is 22.9. The molecular weight excluding hydrogens is 262 g/mol. The molecule has 0 radical (unpaired) electrons. The highest BCUT2D eigenvalue weighted by atomic mass is 16.2. The molecule has 2 aliphatic rings. The highest BCUT2D eigenvalue weighted by molar-refractivity contribution is 5.78. The Morgan fingerprint density at radius 2 is 1.90 bits per heavy atom. The molecule has 3 heterocycles. The molecule has 1 amide bonds. The van der Waals surface area contributed by atoms with Gasteiger partial charge in [0.05, 0.1) is 6.54 Å². The summed E-state index contributed by atoms with van der Waals surface area (Å²) in [5.41, 5.74) is 1.35. The minimum absolute atomic E-state index is 0.336. The maximum atomic E-state index is 12.3. The Morgan fingerprint density at radius 3 is 2.67 bits per heavy atom. The number of likely N-dealkylation sites (tertiary alicyclic amines) is 2. The highest BCUT2D eigenvalue weighted by Crippen LogP contribution is 2.22. The lowest BCUT2D eigenvalue weighted by Gasteiger charge is -2.26. The zero-order chi connectivity index (χ0) is 14.5. The molecule has 2 fully saturated rings. The standard InChI is InChI=1S/C17H25N3O/c21-17(19-11-1-2-12-19)14-20-13-3-4-16(20)6-5-15-7-9-18-10-8-15/h7-10,16H,1-6,11-14H2. The Kier molecular flexibility index (Phi) is 4.86. The number of aryl methyl sites for hydroxylation is 1. The number of carbonyl (C=O) groups is 1. The Morgan fingerprint density at radius 1 is 1.14 bits per heavy atom. The molecule has 0 spiro atoms. The van der Waals surface area contributed by atoms with Gasteiger partial charge in [0.1, 0.15) is 0 Å². The van der Waals surface area contributed by atoms with Crippen LogP contribution in [-0.4, -0.2) is 52.9 Å². The lowest BCUT2D eigenvalue weighted by Crippen LogP contribution is -2.41. The number of aromatic nitrogens is 1. The molecule has 21 heavy (non-hydrogen) atoms. The van der Waals surface area contributed by atoms with Crippen molar-refractivity contribution in [2.45, 2.75) is 44.6 Å². The number of carbonyl (C=O) groups excluding carboxylic acids is 1. The van der Waals surface area contributed by atoms with Gasteiger partial charge in [-0.25, -0.2) is 0 Å². The van der Waals surface area contributed by atoms with Crippen LogP contribution >= 0.6 is 0 Å². The summed E-state index contributed by atoms with van der Waals surface area (Å²) in [6, 6.07) is 4.76. The molecule has 1 atom stereocenters. The van der Waals surface area contributed by atoms with E-state index in [4.69, 9.17) is 0 Å². The number of amides is 1. The van der Waals surface area contributed by atoms with Crippen LogP contribution in [0.2, 0.25) is 0 Å². The van der Waals surface area contributed by atoms with Crippen molar-refractivity contribution >= 4 is 5.91 Å². The second kappa shape index (κ2) is 7.03. The second-order valence-electron chi connectivity index (χ2n) is 6.25. The fraction of sp³-hybridized carbons (Fsp3) is 0.647. The van der Waals surface area contributed by atoms with Crippen molar-refractivity contribution in [3.8, 4) is 0 Å². The van der Waals surface area contributed by atoms with Crippen LogP contribution in [0.15, 0.2) is 24.5 Å². The van der Waals surface area contributed by atoms with Gasteiger partial charge in [0.15, 0.2) is 0 Å². The van der Waals surface area contributed by atoms with Crippen LogP contribution in [0.3, 0.4) is 0 Å². The van der Waals surface area contributed by atoms with E-state index in [0.29, 0.717) is 18.5 Å². The van der Waals surface area contributed by atoms with Crippen molar-refractivity contribution in [3.05, 3.63) is 30.1 Å². The lowest BCUT2D eigenvalue weighted by molar-refractivity contribution is -0.131. The van der Waals surface area contributed by atoms with Gasteiger partial charge in [-0.15, -0.1) is 0 Å². The van der Waals surface area contributed by atoms with Crippen molar-refractivity contribution in [2.24, 2.45) is 0 Å². The summed E-state index contributed by atoms with van der Waals surface area (Å²) in [5.74, 6) is 0.336. The maximum Gasteiger partial charge on any atom is 0.236 e. The first-order valence-electron chi connectivity index (χ1n) is 8.23. The molecule has 0 aliphatic carbocycles. The van der Waals surface area contributed by atoms with Crippen molar-refractivity contribution < 1.29 is 4.79 Å². The van der Waals surface area contributed by atoms with Crippen LogP contribution in [0, 0.1) is 0 Å². The molecule has 0 bridgehead atoms. The Labute approximate surface area is 127 Å². The summed E-state index contributed by atoms with van der Waals surface area (Å²) in [6.07, 6.45) is 10.8. The molecule has 1 aromatic rings. The summed E-state index contributed by atoms with van der Waals surface area (Å²) < 4.78 is 0. The van der Waals surface area contributed by atoms with Crippen molar-refractivity contribution in [3.63, 3.8) is 0 Å². The molecule has 2 aliphatic heterocycles. The maximum absolute atomic E-state index is 12.3. The lowest BCUT2D eigenvalue weighted by atomic mass is 10.0. The molecular formula is C17H25N3O. The molecule has 0 N–H and O–H groups in total. The quantitative estimate of drug-likeness (QED) is 0.832. The van der Waals surface area contributed by atoms with E-state index in [2.05, 4.69) is 22.0 Å². The van der Waals surface area contributed by atoms with Crippen LogP contribution in [-0.2, 0) is 11.2 Å². The molecule has 0 aromatic carbocycles. The van der Waals surface area contributed by atoms with Crippen molar-refractivity contribution in [1.29, 1.82) is 0 Å². The van der Waals surface area contributed by atoms with Crippen LogP contribution in [0.1, 0.15) is 37.7 Å². The van der Waals surface area contributed by atoms with Gasteiger partial charge < -0.3 is 4.90 Å². The monoisotopic (exact) mass is 287 g/mol. The third kappa shape index (κ3) is 3.82. The van der Waals surface area contributed by atoms with Crippen molar-refractivity contribution in [1.82, 2.24) is 14.8 Å². The van der Waals surface area contributed by atoms with Gasteiger partial charge in [0.25, 0.3) is 0 Å². The number of pyridine rings is 1. The topological polar surface area (TPSA) is 36.4 Å². The SMILES string of the molecule is O=C(CN1CCCC1CCc1ccncc1)N1CCCC1. The zero-order valence-corrected chi connectivity index (χ0v) is 12.7. The van der Waals surface area contributed by atoms with Gasteiger partial charge in [0, 0.05) is 31.5 Å². The first kappa shape index (κ1) is 14.5. The van der Waals surface area contributed by atoms with Gasteiger partial charge in [-0.2, -0.15) is 0 Å². The predicted octanol–water partition coefficient (Wildman–Crippen LogP) is 2.10. The van der Waals surface area contributed by atoms with Crippen LogP contribution < -0.4 is 0 Å². The molecule has 2 saturated heterocycles. The number of rotatable bonds is 5. The van der Waals surface area contributed by atoms with E-state index in [9.17, 15) is 4.79 Å². The number of hydrogen-bond donors (Lipinski definition) is 0. The number of nitrogens with zero attached hydrogens (tertiary/aromatic N) is 3. The van der Waals surface area contributed by atoms with Gasteiger partial charge in [-0.3, -0.25) is 14.7 Å². The molecule has 1 aromatic heterocycles. The van der Waals surface area contributed by atoms with Gasteiger partial charge >= 0.3 is 0 Å². The third-order valence-electron chi connectivity index (χ3n) is 4.81. The van der Waals surface area contributed by atoms with Crippen molar-refractivity contribution in [2.75, 3.05) is 26.2 Å². The second-order valence-corrected chi connectivity index (χ2v) is 6.25. The van der Waals surface area contributed by atoms with Gasteiger partial charge in [-0.1, -0.05) is 0 Å². The van der Waals surface area contributed by atoms with E-state index in [0.717, 1.165) is 32.5 Å². The summed E-state index contributed by atoms with van der Waals surface area (Å²) in [5, 5.41) is 0. The van der Waals surface area contributed by atoms with E-state index in [1.807, 2.05) is 17.3 Å². The first-order chi connectivity index (χ1) is 10.3. The van der Waals surface area contributed by atoms with E-state index >= 15 is 0 Å². The average molecular weight is 287 g/mol. The summed E-state index contributed by atoms with van der Waals surface area (Å²) in [6.45, 7) is 3.64. The fourth-order valence-electron chi connectivity index (χ4n) is 3.55. The zero-order valence-electron chi connectivity index (χ0n) is 12.7. The molecule has 3 rings (SSSR count). The smallest absolute Gasteiger partial charge is 0.236 e. The average Bonchev–Trinajstić information content (AvgIpc) is 3.18. The Balaban J connectivity index is 1.49. The third-order valence-corrected chi connectivity index (χ3v) is 4.81. The van der Waals surface area contributed by atoms with Gasteiger partial charge in [0.2, 0.25) is 5.91 Å². The predicted molar refractivity (Wildman–Crippen MR) is 83.0 cm³/mol. The Bertz CT molecular complexity index is 456. The molecule has 1 unspecified atom stereocenters. The molecule has 4 heteroatoms. The highest BCUT2D eigenvalue weighted by Gasteiger charge is 2.28. The molecule has 4 nitrogen and oxygen atoms in total. The summed E-state index contributed by atoms with van der Waals surface area (Å²) in [4.78, 5) is 20.8. The van der Waals surface area contributed by atoms with E-state index in [-0.39, 0.29) is 0 Å². The summed E-state index contributed by atoms with van der Waals surface area (Å²) >= 11 is 0. The van der Waals surface area contributed by atoms with Gasteiger partial charge in [-0.05, 0) is 62.8 Å². The Hall–Kier alpha value is -1.42. The van der Waals surface area contributed by atoms with E-state index < -0.39 is 0 Å². The fourth-order valence-corrected chi connectivity index (χ4v) is 3.55. The molecule has 114 valence electrons. The van der Waals surface area contributed by atoms with Crippen LogP contribution in [0.25, 0.3) is 0 Å². The molecule has 0 saturated carbocycles. The van der Waals surface area contributed by atoms with Crippen LogP contribution in [0.5, 0.6) is 0 Å². The van der Waals surface area contributed by atoms with E-state index in [1.54, 1.807) is 0 Å². The minimum Gasteiger partial charge on any atom is -0.342 e. The largest absolute Gasteiger partial charge is 0.342 e. The summed E-state index contributed by atoms with van der Waals surface area (Å²) in [7, 11) is 0.